The van der Waals surface area contributed by atoms with Gasteiger partial charge < -0.3 is 9.47 Å². The van der Waals surface area contributed by atoms with E-state index in [9.17, 15) is 0 Å². The van der Waals surface area contributed by atoms with Gasteiger partial charge in [-0.2, -0.15) is 0 Å². The van der Waals surface area contributed by atoms with Crippen molar-refractivity contribution >= 4 is 0 Å². The minimum Gasteiger partial charge on any atom is -0.359 e. The van der Waals surface area contributed by atoms with Gasteiger partial charge in [-0.3, -0.25) is 0 Å². The van der Waals surface area contributed by atoms with Crippen molar-refractivity contribution in [3.63, 3.8) is 0 Å². The van der Waals surface area contributed by atoms with E-state index in [0.717, 1.165) is 12.3 Å². The first kappa shape index (κ1) is 11.7. The first-order valence-electron chi connectivity index (χ1n) is 5.60. The van der Waals surface area contributed by atoms with Crippen molar-refractivity contribution in [1.82, 2.24) is 0 Å². The Morgan fingerprint density at radius 2 is 2.07 bits per heavy atom. The highest BCUT2D eigenvalue weighted by Gasteiger charge is 2.22. The van der Waals surface area contributed by atoms with Crippen LogP contribution in [-0.2, 0) is 9.47 Å². The molecular formula is C12H22O2. The molecule has 2 heteroatoms. The van der Waals surface area contributed by atoms with Crippen LogP contribution in [0.1, 0.15) is 38.5 Å². The Labute approximate surface area is 87.3 Å². The average Bonchev–Trinajstić information content (AvgIpc) is 2.25. The van der Waals surface area contributed by atoms with E-state index in [-0.39, 0.29) is 0 Å². The van der Waals surface area contributed by atoms with E-state index in [1.807, 2.05) is 6.08 Å². The maximum Gasteiger partial charge on any atom is 0.146 e. The molecule has 14 heavy (non-hydrogen) atoms. The van der Waals surface area contributed by atoms with Crippen molar-refractivity contribution in [2.75, 3.05) is 13.9 Å². The molecule has 0 saturated heterocycles. The third kappa shape index (κ3) is 3.81. The molecule has 0 aliphatic heterocycles. The van der Waals surface area contributed by atoms with Crippen LogP contribution in [0, 0.1) is 5.92 Å². The van der Waals surface area contributed by atoms with Gasteiger partial charge in [0.25, 0.3) is 0 Å². The molecule has 0 aromatic heterocycles. The van der Waals surface area contributed by atoms with E-state index in [1.54, 1.807) is 7.11 Å². The lowest BCUT2D eigenvalue weighted by Gasteiger charge is -2.29. The second-order valence-electron chi connectivity index (χ2n) is 4.03. The van der Waals surface area contributed by atoms with Crippen LogP contribution in [0.4, 0.5) is 0 Å². The fraction of sp³-hybridized carbons (Fsp3) is 0.833. The highest BCUT2D eigenvalue weighted by atomic mass is 16.7. The first-order valence-corrected chi connectivity index (χ1v) is 5.60. The minimum atomic E-state index is 0.327. The summed E-state index contributed by atoms with van der Waals surface area (Å²) in [5.41, 5.74) is 0. The molecule has 1 rings (SSSR count). The Bertz CT molecular complexity index is 150. The molecule has 1 fully saturated rings. The second kappa shape index (κ2) is 7.02. The van der Waals surface area contributed by atoms with Gasteiger partial charge in [0.1, 0.15) is 6.79 Å². The molecule has 0 N–H and O–H groups in total. The fourth-order valence-corrected chi connectivity index (χ4v) is 2.22. The van der Waals surface area contributed by atoms with Gasteiger partial charge in [0.15, 0.2) is 0 Å². The summed E-state index contributed by atoms with van der Waals surface area (Å²) in [6.45, 7) is 4.19. The van der Waals surface area contributed by atoms with Crippen molar-refractivity contribution in [1.29, 1.82) is 0 Å². The number of hydrogen-bond donors (Lipinski definition) is 0. The zero-order valence-corrected chi connectivity index (χ0v) is 9.21. The molecule has 0 amide bonds. The van der Waals surface area contributed by atoms with Crippen molar-refractivity contribution in [3.05, 3.63) is 12.7 Å². The average molecular weight is 198 g/mol. The van der Waals surface area contributed by atoms with Gasteiger partial charge in [-0.05, 0) is 25.2 Å². The molecule has 0 bridgehead atoms. The summed E-state index contributed by atoms with van der Waals surface area (Å²) in [4.78, 5) is 0. The quantitative estimate of drug-likeness (QED) is 0.482. The third-order valence-corrected chi connectivity index (χ3v) is 2.97. The Morgan fingerprint density at radius 1 is 1.36 bits per heavy atom. The predicted octanol–water partition coefficient (Wildman–Crippen LogP) is 3.13. The van der Waals surface area contributed by atoms with E-state index in [2.05, 4.69) is 6.58 Å². The van der Waals surface area contributed by atoms with Crippen LogP contribution in [0.3, 0.4) is 0 Å². The Kier molecular flexibility index (Phi) is 5.88. The van der Waals surface area contributed by atoms with E-state index >= 15 is 0 Å². The SMILES string of the molecule is C=CCC(OCOC)C1CCCCC1. The number of rotatable bonds is 6. The molecule has 2 nitrogen and oxygen atoms in total. The van der Waals surface area contributed by atoms with Gasteiger partial charge in [-0.1, -0.05) is 25.3 Å². The number of ether oxygens (including phenoxy) is 2. The molecule has 1 aliphatic carbocycles. The predicted molar refractivity (Wildman–Crippen MR) is 58.1 cm³/mol. The maximum absolute atomic E-state index is 5.68. The summed E-state index contributed by atoms with van der Waals surface area (Å²) in [6, 6.07) is 0. The Morgan fingerprint density at radius 3 is 2.64 bits per heavy atom. The highest BCUT2D eigenvalue weighted by Crippen LogP contribution is 2.29. The lowest BCUT2D eigenvalue weighted by Crippen LogP contribution is -2.26. The summed E-state index contributed by atoms with van der Waals surface area (Å²) in [5.74, 6) is 0.719. The molecule has 0 radical (unpaired) electrons. The maximum atomic E-state index is 5.68. The third-order valence-electron chi connectivity index (χ3n) is 2.97. The molecule has 1 atom stereocenters. The van der Waals surface area contributed by atoms with Crippen LogP contribution in [0.15, 0.2) is 12.7 Å². The van der Waals surface area contributed by atoms with E-state index in [0.29, 0.717) is 12.9 Å². The number of hydrogen-bond acceptors (Lipinski definition) is 2. The van der Waals surface area contributed by atoms with Crippen molar-refractivity contribution in [2.45, 2.75) is 44.6 Å². The van der Waals surface area contributed by atoms with Crippen LogP contribution in [-0.4, -0.2) is 20.0 Å². The molecule has 1 aliphatic rings. The Hall–Kier alpha value is -0.340. The first-order chi connectivity index (χ1) is 6.88. The minimum absolute atomic E-state index is 0.327. The normalized spacial score (nSPS) is 20.6. The smallest absolute Gasteiger partial charge is 0.146 e. The molecule has 1 saturated carbocycles. The molecule has 1 unspecified atom stereocenters. The van der Waals surface area contributed by atoms with Crippen molar-refractivity contribution < 1.29 is 9.47 Å². The number of methoxy groups -OCH3 is 1. The van der Waals surface area contributed by atoms with Gasteiger partial charge in [0.05, 0.1) is 6.10 Å². The van der Waals surface area contributed by atoms with Crippen molar-refractivity contribution in [3.8, 4) is 0 Å². The zero-order valence-electron chi connectivity index (χ0n) is 9.21. The lowest BCUT2D eigenvalue weighted by molar-refractivity contribution is -0.0944. The monoisotopic (exact) mass is 198 g/mol. The highest BCUT2D eigenvalue weighted by molar-refractivity contribution is 4.81. The second-order valence-corrected chi connectivity index (χ2v) is 4.03. The standard InChI is InChI=1S/C12H22O2/c1-3-7-12(14-10-13-2)11-8-5-4-6-9-11/h3,11-12H,1,4-10H2,2H3. The summed E-state index contributed by atoms with van der Waals surface area (Å²) in [5, 5.41) is 0. The van der Waals surface area contributed by atoms with Gasteiger partial charge in [-0.15, -0.1) is 6.58 Å². The molecule has 0 heterocycles. The molecule has 82 valence electrons. The fourth-order valence-electron chi connectivity index (χ4n) is 2.22. The van der Waals surface area contributed by atoms with Gasteiger partial charge in [0.2, 0.25) is 0 Å². The molecule has 0 aromatic carbocycles. The zero-order chi connectivity index (χ0) is 10.2. The van der Waals surface area contributed by atoms with Gasteiger partial charge >= 0.3 is 0 Å². The summed E-state index contributed by atoms with van der Waals surface area (Å²) in [7, 11) is 1.67. The molecule has 0 aromatic rings. The van der Waals surface area contributed by atoms with Crippen LogP contribution in [0.5, 0.6) is 0 Å². The summed E-state index contributed by atoms with van der Waals surface area (Å²) < 4.78 is 10.6. The van der Waals surface area contributed by atoms with E-state index in [4.69, 9.17) is 9.47 Å². The van der Waals surface area contributed by atoms with Crippen molar-refractivity contribution in [2.24, 2.45) is 5.92 Å². The molecule has 0 spiro atoms. The largest absolute Gasteiger partial charge is 0.359 e. The van der Waals surface area contributed by atoms with Gasteiger partial charge in [-0.25, -0.2) is 0 Å². The van der Waals surface area contributed by atoms with Crippen LogP contribution >= 0.6 is 0 Å². The van der Waals surface area contributed by atoms with E-state index < -0.39 is 0 Å². The summed E-state index contributed by atoms with van der Waals surface area (Å²) in [6.07, 6.45) is 9.95. The topological polar surface area (TPSA) is 18.5 Å². The van der Waals surface area contributed by atoms with E-state index in [1.165, 1.54) is 32.1 Å². The lowest BCUT2D eigenvalue weighted by atomic mass is 9.84. The van der Waals surface area contributed by atoms with Gasteiger partial charge in [0, 0.05) is 7.11 Å². The molecular weight excluding hydrogens is 176 g/mol. The summed E-state index contributed by atoms with van der Waals surface area (Å²) >= 11 is 0. The van der Waals surface area contributed by atoms with Crippen LogP contribution < -0.4 is 0 Å². The van der Waals surface area contributed by atoms with Crippen LogP contribution in [0.25, 0.3) is 0 Å². The Balaban J connectivity index is 2.34. The van der Waals surface area contributed by atoms with Crippen LogP contribution in [0.2, 0.25) is 0 Å².